The van der Waals surface area contributed by atoms with Crippen LogP contribution in [0.4, 0.5) is 22.5 Å². The number of nitrogens with zero attached hydrogens (tertiary/aromatic N) is 5. The Balaban J connectivity index is 1.67. The molecule has 0 saturated heterocycles. The molecule has 140 valence electrons. The van der Waals surface area contributed by atoms with E-state index in [0.29, 0.717) is 11.7 Å². The van der Waals surface area contributed by atoms with Gasteiger partial charge in [0.15, 0.2) is 5.13 Å². The van der Waals surface area contributed by atoms with E-state index < -0.39 is 4.92 Å². The zero-order chi connectivity index (χ0) is 19.5. The van der Waals surface area contributed by atoms with E-state index in [1.165, 1.54) is 17.7 Å². The maximum Gasteiger partial charge on any atom is 0.353 e. The van der Waals surface area contributed by atoms with Crippen LogP contribution in [0.5, 0.6) is 0 Å². The molecule has 28 heavy (non-hydrogen) atoms. The number of nitrogens with one attached hydrogen (secondary N) is 1. The summed E-state index contributed by atoms with van der Waals surface area (Å²) in [4.78, 5) is 25.8. The van der Waals surface area contributed by atoms with E-state index in [1.54, 1.807) is 11.9 Å². The summed E-state index contributed by atoms with van der Waals surface area (Å²) in [6.45, 7) is 0.485. The van der Waals surface area contributed by atoms with Crippen LogP contribution in [0, 0.1) is 10.1 Å². The first-order valence-electron chi connectivity index (χ1n) is 8.49. The topological polar surface area (TPSA) is 97.1 Å². The molecule has 9 heteroatoms. The van der Waals surface area contributed by atoms with Gasteiger partial charge in [-0.25, -0.2) is 15.0 Å². The van der Waals surface area contributed by atoms with E-state index in [4.69, 9.17) is 0 Å². The van der Waals surface area contributed by atoms with Gasteiger partial charge in [-0.05, 0) is 17.7 Å². The highest BCUT2D eigenvalue weighted by atomic mass is 32.1. The number of para-hydroxylation sites is 1. The number of nitro groups is 1. The molecule has 0 spiro atoms. The van der Waals surface area contributed by atoms with Crippen molar-refractivity contribution in [3.05, 3.63) is 76.6 Å². The number of benzene rings is 2. The van der Waals surface area contributed by atoms with Crippen LogP contribution in [0.1, 0.15) is 5.56 Å². The summed E-state index contributed by atoms with van der Waals surface area (Å²) in [5.41, 5.74) is 1.67. The second-order valence-corrected chi connectivity index (χ2v) is 7.14. The highest BCUT2D eigenvalue weighted by Crippen LogP contribution is 2.35. The van der Waals surface area contributed by atoms with Gasteiger partial charge in [-0.3, -0.25) is 10.1 Å². The molecule has 0 fully saturated rings. The summed E-state index contributed by atoms with van der Waals surface area (Å²) >= 11 is 1.41. The van der Waals surface area contributed by atoms with Crippen molar-refractivity contribution in [2.75, 3.05) is 17.3 Å². The van der Waals surface area contributed by atoms with Crippen molar-refractivity contribution in [2.45, 2.75) is 6.54 Å². The zero-order valence-corrected chi connectivity index (χ0v) is 15.8. The lowest BCUT2D eigenvalue weighted by Crippen LogP contribution is -2.20. The van der Waals surface area contributed by atoms with Crippen LogP contribution >= 0.6 is 11.3 Å². The van der Waals surface area contributed by atoms with E-state index in [9.17, 15) is 10.1 Å². The van der Waals surface area contributed by atoms with Crippen LogP contribution in [0.25, 0.3) is 10.2 Å². The summed E-state index contributed by atoms with van der Waals surface area (Å²) < 4.78 is 0.989. The molecule has 0 aliphatic carbocycles. The maximum absolute atomic E-state index is 11.8. The minimum absolute atomic E-state index is 0.119. The lowest BCUT2D eigenvalue weighted by atomic mass is 10.2. The molecule has 2 aromatic carbocycles. The predicted octanol–water partition coefficient (Wildman–Crippen LogP) is 4.37. The Labute approximate surface area is 164 Å². The van der Waals surface area contributed by atoms with Crippen molar-refractivity contribution in [2.24, 2.45) is 0 Å². The van der Waals surface area contributed by atoms with Crippen LogP contribution in [-0.4, -0.2) is 26.9 Å². The smallest absolute Gasteiger partial charge is 0.349 e. The summed E-state index contributed by atoms with van der Waals surface area (Å²) in [5, 5.41) is 15.3. The van der Waals surface area contributed by atoms with Gasteiger partial charge < -0.3 is 10.2 Å². The number of thiazole rings is 1. The number of hydrogen-bond acceptors (Lipinski definition) is 8. The number of anilines is 3. The normalized spacial score (nSPS) is 10.8. The molecule has 0 radical (unpaired) electrons. The Morgan fingerprint density at radius 3 is 2.61 bits per heavy atom. The zero-order valence-electron chi connectivity index (χ0n) is 14.9. The summed E-state index contributed by atoms with van der Waals surface area (Å²) in [5.74, 6) is 0.362. The molecular formula is C19H16N6O2S. The van der Waals surface area contributed by atoms with Crippen LogP contribution in [0.15, 0.2) is 60.9 Å². The predicted molar refractivity (Wildman–Crippen MR) is 110 cm³/mol. The molecule has 0 unspecified atom stereocenters. The Bertz CT molecular complexity index is 1100. The monoisotopic (exact) mass is 392 g/mol. The van der Waals surface area contributed by atoms with Crippen LogP contribution in [-0.2, 0) is 6.54 Å². The SMILES string of the molecule is CN(Cc1ccccc1)c1ncnc(Nc2nc3ccccc3s2)c1[N+](=O)[O-]. The van der Waals surface area contributed by atoms with E-state index in [-0.39, 0.29) is 17.3 Å². The molecule has 2 aromatic heterocycles. The molecular weight excluding hydrogens is 376 g/mol. The van der Waals surface area contributed by atoms with Crippen LogP contribution in [0.3, 0.4) is 0 Å². The molecule has 0 bridgehead atoms. The first kappa shape index (κ1) is 17.8. The maximum atomic E-state index is 11.8. The third kappa shape index (κ3) is 3.60. The van der Waals surface area contributed by atoms with Gasteiger partial charge >= 0.3 is 5.69 Å². The van der Waals surface area contributed by atoms with Gasteiger partial charge in [-0.1, -0.05) is 53.8 Å². The Morgan fingerprint density at radius 1 is 1.11 bits per heavy atom. The molecule has 0 amide bonds. The Hall–Kier alpha value is -3.59. The minimum Gasteiger partial charge on any atom is -0.349 e. The van der Waals surface area contributed by atoms with Gasteiger partial charge in [0.1, 0.15) is 6.33 Å². The number of rotatable bonds is 6. The summed E-state index contributed by atoms with van der Waals surface area (Å²) in [6.07, 6.45) is 1.32. The van der Waals surface area contributed by atoms with E-state index in [0.717, 1.165) is 15.8 Å². The lowest BCUT2D eigenvalue weighted by Gasteiger charge is -2.18. The number of fused-ring (bicyclic) bond motifs is 1. The molecule has 4 rings (SSSR count). The van der Waals surface area contributed by atoms with E-state index in [2.05, 4.69) is 20.3 Å². The van der Waals surface area contributed by atoms with E-state index >= 15 is 0 Å². The fraction of sp³-hybridized carbons (Fsp3) is 0.105. The third-order valence-corrected chi connectivity index (χ3v) is 5.08. The van der Waals surface area contributed by atoms with Crippen molar-refractivity contribution >= 4 is 44.0 Å². The van der Waals surface area contributed by atoms with Crippen molar-refractivity contribution in [1.29, 1.82) is 0 Å². The van der Waals surface area contributed by atoms with Gasteiger partial charge in [0.2, 0.25) is 11.6 Å². The van der Waals surface area contributed by atoms with Gasteiger partial charge in [-0.15, -0.1) is 0 Å². The number of hydrogen-bond donors (Lipinski definition) is 1. The molecule has 0 atom stereocenters. The Kier molecular flexibility index (Phi) is 4.81. The van der Waals surface area contributed by atoms with Gasteiger partial charge in [-0.2, -0.15) is 0 Å². The third-order valence-electron chi connectivity index (χ3n) is 4.13. The minimum atomic E-state index is -0.466. The summed E-state index contributed by atoms with van der Waals surface area (Å²) in [7, 11) is 1.77. The fourth-order valence-electron chi connectivity index (χ4n) is 2.87. The van der Waals surface area contributed by atoms with Crippen molar-refractivity contribution in [3.63, 3.8) is 0 Å². The lowest BCUT2D eigenvalue weighted by molar-refractivity contribution is -0.383. The highest BCUT2D eigenvalue weighted by Gasteiger charge is 2.26. The van der Waals surface area contributed by atoms with Crippen molar-refractivity contribution in [3.8, 4) is 0 Å². The second kappa shape index (κ2) is 7.57. The fourth-order valence-corrected chi connectivity index (χ4v) is 3.73. The van der Waals surface area contributed by atoms with Gasteiger partial charge in [0.05, 0.1) is 15.1 Å². The largest absolute Gasteiger partial charge is 0.353 e. The second-order valence-electron chi connectivity index (χ2n) is 6.11. The molecule has 0 aliphatic heterocycles. The standard InChI is InChI=1S/C19H16N6O2S/c1-24(11-13-7-3-2-4-8-13)18-16(25(26)27)17(20-12-21-18)23-19-22-14-9-5-6-10-15(14)28-19/h2-10,12H,11H2,1H3,(H,20,21,22,23). The van der Waals surface area contributed by atoms with Crippen LogP contribution in [0.2, 0.25) is 0 Å². The highest BCUT2D eigenvalue weighted by molar-refractivity contribution is 7.22. The molecule has 0 saturated carbocycles. The van der Waals surface area contributed by atoms with Gasteiger partial charge in [0.25, 0.3) is 0 Å². The quantitative estimate of drug-likeness (QED) is 0.384. The van der Waals surface area contributed by atoms with Crippen molar-refractivity contribution in [1.82, 2.24) is 15.0 Å². The molecule has 2 heterocycles. The first-order chi connectivity index (χ1) is 13.6. The summed E-state index contributed by atoms with van der Waals surface area (Å²) in [6, 6.07) is 17.4. The van der Waals surface area contributed by atoms with Gasteiger partial charge in [0, 0.05) is 13.6 Å². The van der Waals surface area contributed by atoms with Crippen LogP contribution < -0.4 is 10.2 Å². The molecule has 8 nitrogen and oxygen atoms in total. The molecule has 0 aliphatic rings. The Morgan fingerprint density at radius 2 is 1.86 bits per heavy atom. The molecule has 1 N–H and O–H groups in total. The average molecular weight is 392 g/mol. The first-order valence-corrected chi connectivity index (χ1v) is 9.30. The number of aromatic nitrogens is 3. The average Bonchev–Trinajstić information content (AvgIpc) is 3.10. The van der Waals surface area contributed by atoms with Crippen molar-refractivity contribution < 1.29 is 4.92 Å². The van der Waals surface area contributed by atoms with E-state index in [1.807, 2.05) is 54.6 Å². The molecule has 4 aromatic rings.